The van der Waals surface area contributed by atoms with Crippen molar-refractivity contribution in [3.05, 3.63) is 65.7 Å². The number of H-pyrrole nitrogens is 2. The smallest absolute Gasteiger partial charge is 0.227 e. The Hall–Kier alpha value is -4.37. The Balaban J connectivity index is 1.29. The highest BCUT2D eigenvalue weighted by atomic mass is 32.1. The molecule has 1 saturated carbocycles. The Labute approximate surface area is 203 Å². The van der Waals surface area contributed by atoms with Crippen molar-refractivity contribution in [2.75, 3.05) is 5.32 Å². The molecule has 170 valence electrons. The number of imidazole rings is 1. The van der Waals surface area contributed by atoms with Crippen molar-refractivity contribution in [2.45, 2.75) is 12.8 Å². The molecule has 0 atom stereocenters. The molecule has 1 aliphatic rings. The van der Waals surface area contributed by atoms with Gasteiger partial charge in [0.15, 0.2) is 11.5 Å². The van der Waals surface area contributed by atoms with Gasteiger partial charge in [-0.05, 0) is 65.1 Å². The van der Waals surface area contributed by atoms with Crippen molar-refractivity contribution >= 4 is 45.0 Å². The molecule has 0 unspecified atom stereocenters. The maximum atomic E-state index is 12.2. The van der Waals surface area contributed by atoms with Gasteiger partial charge in [-0.2, -0.15) is 16.4 Å². The summed E-state index contributed by atoms with van der Waals surface area (Å²) in [4.78, 5) is 29.2. The molecule has 0 saturated heterocycles. The number of benzene rings is 1. The topological polar surface area (TPSA) is 112 Å². The number of rotatable bonds is 5. The molecule has 6 aromatic rings. The summed E-state index contributed by atoms with van der Waals surface area (Å²) in [6.45, 7) is 0. The lowest BCUT2D eigenvalue weighted by Crippen LogP contribution is -2.13. The standard InChI is InChI=1S/C26H19N7OS/c34-26(14-1-2-14)29-18-9-17(11-27-12-18)15-3-4-21-20(10-15)23(33-32-21)25-30-22-19(16-6-8-35-13-16)5-7-28-24(22)31-25/h3-14H,1-2H2,(H,29,34)(H,32,33)(H,28,30,31). The Bertz CT molecular complexity index is 1710. The van der Waals surface area contributed by atoms with Crippen molar-refractivity contribution in [1.82, 2.24) is 30.1 Å². The molecule has 1 fully saturated rings. The second kappa shape index (κ2) is 7.85. The van der Waals surface area contributed by atoms with Gasteiger partial charge in [-0.3, -0.25) is 14.9 Å². The van der Waals surface area contributed by atoms with Gasteiger partial charge < -0.3 is 10.3 Å². The highest BCUT2D eigenvalue weighted by Crippen LogP contribution is 2.34. The van der Waals surface area contributed by atoms with E-state index in [-0.39, 0.29) is 11.8 Å². The molecule has 9 heteroatoms. The van der Waals surface area contributed by atoms with E-state index in [2.05, 4.69) is 53.4 Å². The molecular weight excluding hydrogens is 458 g/mol. The number of hydrogen-bond donors (Lipinski definition) is 3. The van der Waals surface area contributed by atoms with Gasteiger partial charge in [0, 0.05) is 34.8 Å². The number of carbonyl (C=O) groups excluding carboxylic acids is 1. The minimum absolute atomic E-state index is 0.0665. The van der Waals surface area contributed by atoms with Gasteiger partial charge in [0.25, 0.3) is 0 Å². The number of amides is 1. The summed E-state index contributed by atoms with van der Waals surface area (Å²) in [6, 6.07) is 12.1. The van der Waals surface area contributed by atoms with E-state index in [9.17, 15) is 4.79 Å². The zero-order chi connectivity index (χ0) is 23.4. The van der Waals surface area contributed by atoms with Gasteiger partial charge in [0.1, 0.15) is 11.2 Å². The third-order valence-corrected chi connectivity index (χ3v) is 6.97. The Morgan fingerprint density at radius 1 is 1.06 bits per heavy atom. The first-order valence-electron chi connectivity index (χ1n) is 11.3. The van der Waals surface area contributed by atoms with Gasteiger partial charge in [-0.1, -0.05) is 6.07 Å². The summed E-state index contributed by atoms with van der Waals surface area (Å²) in [5.74, 6) is 0.862. The van der Waals surface area contributed by atoms with E-state index in [1.807, 2.05) is 24.3 Å². The van der Waals surface area contributed by atoms with E-state index in [4.69, 9.17) is 4.98 Å². The molecule has 0 radical (unpaired) electrons. The van der Waals surface area contributed by atoms with E-state index in [1.165, 1.54) is 0 Å². The van der Waals surface area contributed by atoms with Gasteiger partial charge >= 0.3 is 0 Å². The Morgan fingerprint density at radius 3 is 2.86 bits per heavy atom. The van der Waals surface area contributed by atoms with E-state index < -0.39 is 0 Å². The third-order valence-electron chi connectivity index (χ3n) is 6.29. The SMILES string of the molecule is O=C(Nc1cncc(-c2ccc3[nH]nc(-c4nc5c(-c6ccsc6)ccnc5[nH]4)c3c2)c1)C1CC1. The van der Waals surface area contributed by atoms with Crippen molar-refractivity contribution in [2.24, 2.45) is 5.92 Å². The van der Waals surface area contributed by atoms with Crippen LogP contribution in [0.5, 0.6) is 0 Å². The zero-order valence-corrected chi connectivity index (χ0v) is 19.3. The molecule has 1 amide bonds. The molecular formula is C26H19N7OS. The van der Waals surface area contributed by atoms with Crippen molar-refractivity contribution in [3.63, 3.8) is 0 Å². The molecule has 35 heavy (non-hydrogen) atoms. The van der Waals surface area contributed by atoms with Crippen LogP contribution in [0, 0.1) is 5.92 Å². The largest absolute Gasteiger partial charge is 0.324 e. The van der Waals surface area contributed by atoms with Crippen LogP contribution in [-0.4, -0.2) is 36.0 Å². The van der Waals surface area contributed by atoms with E-state index in [0.29, 0.717) is 11.5 Å². The number of hydrogen-bond acceptors (Lipinski definition) is 6. The van der Waals surface area contributed by atoms with Crippen LogP contribution in [0.3, 0.4) is 0 Å². The van der Waals surface area contributed by atoms with Crippen LogP contribution >= 0.6 is 11.3 Å². The highest BCUT2D eigenvalue weighted by molar-refractivity contribution is 7.08. The summed E-state index contributed by atoms with van der Waals surface area (Å²) in [5.41, 5.74) is 7.92. The van der Waals surface area contributed by atoms with Crippen LogP contribution in [0.1, 0.15) is 12.8 Å². The second-order valence-corrected chi connectivity index (χ2v) is 9.49. The lowest BCUT2D eigenvalue weighted by atomic mass is 10.0. The second-order valence-electron chi connectivity index (χ2n) is 8.71. The van der Waals surface area contributed by atoms with E-state index >= 15 is 0 Å². The van der Waals surface area contributed by atoms with Gasteiger partial charge in [0.2, 0.25) is 5.91 Å². The quantitative estimate of drug-likeness (QED) is 0.297. The number of aromatic amines is 2. The van der Waals surface area contributed by atoms with E-state index in [0.717, 1.165) is 62.9 Å². The van der Waals surface area contributed by atoms with Crippen molar-refractivity contribution < 1.29 is 4.79 Å². The predicted octanol–water partition coefficient (Wildman–Crippen LogP) is 5.64. The molecule has 5 aromatic heterocycles. The average molecular weight is 478 g/mol. The zero-order valence-electron chi connectivity index (χ0n) is 18.4. The lowest BCUT2D eigenvalue weighted by molar-refractivity contribution is -0.117. The number of fused-ring (bicyclic) bond motifs is 2. The average Bonchev–Trinajstić information content (AvgIpc) is 3.26. The fourth-order valence-corrected chi connectivity index (χ4v) is 4.96. The molecule has 0 aliphatic heterocycles. The minimum atomic E-state index is 0.0665. The van der Waals surface area contributed by atoms with Crippen LogP contribution in [0.15, 0.2) is 65.7 Å². The summed E-state index contributed by atoms with van der Waals surface area (Å²) in [7, 11) is 0. The maximum Gasteiger partial charge on any atom is 0.227 e. The monoisotopic (exact) mass is 477 g/mol. The number of aromatic nitrogens is 6. The van der Waals surface area contributed by atoms with Gasteiger partial charge in [-0.25, -0.2) is 9.97 Å². The van der Waals surface area contributed by atoms with Crippen LogP contribution in [0.2, 0.25) is 0 Å². The predicted molar refractivity (Wildman–Crippen MR) is 137 cm³/mol. The summed E-state index contributed by atoms with van der Waals surface area (Å²) >= 11 is 1.65. The van der Waals surface area contributed by atoms with E-state index in [1.54, 1.807) is 29.9 Å². The van der Waals surface area contributed by atoms with Gasteiger partial charge in [-0.15, -0.1) is 0 Å². The van der Waals surface area contributed by atoms with Gasteiger partial charge in [0.05, 0.1) is 17.4 Å². The number of carbonyl (C=O) groups is 1. The number of nitrogens with one attached hydrogen (secondary N) is 3. The first-order valence-corrected chi connectivity index (χ1v) is 12.3. The Morgan fingerprint density at radius 2 is 2.00 bits per heavy atom. The molecule has 1 aliphatic carbocycles. The summed E-state index contributed by atoms with van der Waals surface area (Å²) < 4.78 is 0. The first kappa shape index (κ1) is 20.0. The fraction of sp³-hybridized carbons (Fsp3) is 0.115. The minimum Gasteiger partial charge on any atom is -0.324 e. The number of thiophene rings is 1. The molecule has 5 heterocycles. The summed E-state index contributed by atoms with van der Waals surface area (Å²) in [5, 5.41) is 15.7. The van der Waals surface area contributed by atoms with Crippen LogP contribution in [-0.2, 0) is 4.79 Å². The number of pyridine rings is 2. The molecule has 0 bridgehead atoms. The van der Waals surface area contributed by atoms with Crippen molar-refractivity contribution in [3.8, 4) is 33.8 Å². The van der Waals surface area contributed by atoms with Crippen molar-refractivity contribution in [1.29, 1.82) is 0 Å². The maximum absolute atomic E-state index is 12.2. The number of anilines is 1. The fourth-order valence-electron chi connectivity index (χ4n) is 4.30. The molecule has 0 spiro atoms. The Kier molecular flexibility index (Phi) is 4.49. The number of nitrogens with zero attached hydrogens (tertiary/aromatic N) is 4. The summed E-state index contributed by atoms with van der Waals surface area (Å²) in [6.07, 6.45) is 7.19. The first-order chi connectivity index (χ1) is 17.2. The molecule has 3 N–H and O–H groups in total. The highest BCUT2D eigenvalue weighted by Gasteiger charge is 2.29. The van der Waals surface area contributed by atoms with Crippen LogP contribution < -0.4 is 5.32 Å². The lowest BCUT2D eigenvalue weighted by Gasteiger charge is -2.07. The molecule has 8 nitrogen and oxygen atoms in total. The third kappa shape index (κ3) is 3.57. The van der Waals surface area contributed by atoms with Crippen LogP contribution in [0.4, 0.5) is 5.69 Å². The molecule has 1 aromatic carbocycles. The normalized spacial score (nSPS) is 13.5. The van der Waals surface area contributed by atoms with Crippen LogP contribution in [0.25, 0.3) is 55.8 Å². The molecule has 7 rings (SSSR count).